The van der Waals surface area contributed by atoms with Crippen LogP contribution in [0.15, 0.2) is 18.2 Å². The molecule has 2 rings (SSSR count). The quantitative estimate of drug-likeness (QED) is 0.717. The second-order valence-corrected chi connectivity index (χ2v) is 5.34. The molecule has 0 fully saturated rings. The maximum atomic E-state index is 11.7. The maximum Gasteiger partial charge on any atom is 0.239 e. The number of ether oxygens (including phenoxy) is 3. The molecule has 22 heavy (non-hydrogen) atoms. The Hall–Kier alpha value is -1.95. The molecule has 1 heterocycles. The molecule has 1 aliphatic rings. The van der Waals surface area contributed by atoms with Gasteiger partial charge >= 0.3 is 0 Å². The Morgan fingerprint density at radius 1 is 1.27 bits per heavy atom. The van der Waals surface area contributed by atoms with Gasteiger partial charge in [-0.25, -0.2) is 0 Å². The van der Waals surface area contributed by atoms with Crippen molar-refractivity contribution < 1.29 is 19.0 Å². The molecule has 0 spiro atoms. The molecule has 0 aromatic heterocycles. The Morgan fingerprint density at radius 2 is 2.05 bits per heavy atom. The lowest BCUT2D eigenvalue weighted by atomic mass is 10.2. The van der Waals surface area contributed by atoms with Crippen molar-refractivity contribution in [3.05, 3.63) is 18.2 Å². The predicted molar refractivity (Wildman–Crippen MR) is 84.6 cm³/mol. The van der Waals surface area contributed by atoms with E-state index < -0.39 is 0 Å². The van der Waals surface area contributed by atoms with E-state index in [9.17, 15) is 4.79 Å². The summed E-state index contributed by atoms with van der Waals surface area (Å²) in [6, 6.07) is 5.56. The van der Waals surface area contributed by atoms with Crippen molar-refractivity contribution in [2.75, 3.05) is 38.2 Å². The monoisotopic (exact) mass is 308 g/mol. The molecule has 6 nitrogen and oxygen atoms in total. The van der Waals surface area contributed by atoms with Gasteiger partial charge in [0.05, 0.1) is 12.6 Å². The molecule has 122 valence electrons. The van der Waals surface area contributed by atoms with Gasteiger partial charge in [-0.05, 0) is 32.4 Å². The Kier molecular flexibility index (Phi) is 6.33. The van der Waals surface area contributed by atoms with Crippen molar-refractivity contribution in [2.45, 2.75) is 26.4 Å². The summed E-state index contributed by atoms with van der Waals surface area (Å²) < 4.78 is 16.4. The Labute approximate surface area is 131 Å². The molecule has 1 aromatic rings. The van der Waals surface area contributed by atoms with Crippen LogP contribution in [0.3, 0.4) is 0 Å². The van der Waals surface area contributed by atoms with E-state index in [0.29, 0.717) is 32.1 Å². The van der Waals surface area contributed by atoms with Gasteiger partial charge in [0.1, 0.15) is 13.2 Å². The van der Waals surface area contributed by atoms with Crippen molar-refractivity contribution in [1.82, 2.24) is 5.32 Å². The van der Waals surface area contributed by atoms with E-state index in [-0.39, 0.29) is 18.6 Å². The van der Waals surface area contributed by atoms with E-state index in [1.807, 2.05) is 32.0 Å². The molecule has 0 radical (unpaired) electrons. The summed E-state index contributed by atoms with van der Waals surface area (Å²) in [7, 11) is 0. The fraction of sp³-hybridized carbons (Fsp3) is 0.562. The highest BCUT2D eigenvalue weighted by atomic mass is 16.6. The maximum absolute atomic E-state index is 11.7. The van der Waals surface area contributed by atoms with E-state index in [1.165, 1.54) is 0 Å². The second-order valence-electron chi connectivity index (χ2n) is 5.34. The zero-order valence-corrected chi connectivity index (χ0v) is 13.2. The molecule has 1 amide bonds. The van der Waals surface area contributed by atoms with E-state index in [1.54, 1.807) is 0 Å². The molecule has 0 saturated heterocycles. The molecule has 0 saturated carbocycles. The van der Waals surface area contributed by atoms with Crippen LogP contribution in [0.1, 0.15) is 20.3 Å². The molecular weight excluding hydrogens is 284 g/mol. The molecule has 1 aromatic carbocycles. The third kappa shape index (κ3) is 5.44. The first kappa shape index (κ1) is 16.4. The van der Waals surface area contributed by atoms with Crippen LogP contribution in [-0.4, -0.2) is 44.9 Å². The van der Waals surface area contributed by atoms with Crippen LogP contribution >= 0.6 is 0 Å². The number of carbonyl (C=O) groups is 1. The Morgan fingerprint density at radius 3 is 2.82 bits per heavy atom. The molecular formula is C16H24N2O4. The molecule has 6 heteroatoms. The van der Waals surface area contributed by atoms with Crippen LogP contribution in [-0.2, 0) is 9.53 Å². The molecule has 0 aliphatic carbocycles. The van der Waals surface area contributed by atoms with Crippen LogP contribution in [0.5, 0.6) is 11.5 Å². The van der Waals surface area contributed by atoms with Gasteiger partial charge in [-0.15, -0.1) is 0 Å². The lowest BCUT2D eigenvalue weighted by molar-refractivity contribution is -0.119. The third-order valence-electron chi connectivity index (χ3n) is 3.09. The number of carbonyl (C=O) groups excluding carboxylic acids is 1. The number of nitrogens with one attached hydrogen (secondary N) is 2. The van der Waals surface area contributed by atoms with E-state index in [4.69, 9.17) is 14.2 Å². The number of benzene rings is 1. The summed E-state index contributed by atoms with van der Waals surface area (Å²) >= 11 is 0. The zero-order chi connectivity index (χ0) is 15.8. The summed E-state index contributed by atoms with van der Waals surface area (Å²) in [5.74, 6) is 1.41. The standard InChI is InChI=1S/C16H24N2O4/c1-12(2)20-7-3-6-17-16(19)11-18-13-4-5-14-15(10-13)22-9-8-21-14/h4-5,10,12,18H,3,6-9,11H2,1-2H3,(H,17,19). The highest BCUT2D eigenvalue weighted by molar-refractivity contribution is 5.80. The van der Waals surface area contributed by atoms with Crippen LogP contribution in [0, 0.1) is 0 Å². The van der Waals surface area contributed by atoms with Crippen molar-refractivity contribution in [1.29, 1.82) is 0 Å². The first-order chi connectivity index (χ1) is 10.6. The summed E-state index contributed by atoms with van der Waals surface area (Å²) in [6.07, 6.45) is 1.04. The Bertz CT molecular complexity index is 491. The van der Waals surface area contributed by atoms with Gasteiger partial charge in [-0.3, -0.25) is 4.79 Å². The van der Waals surface area contributed by atoms with Crippen molar-refractivity contribution in [3.8, 4) is 11.5 Å². The number of fused-ring (bicyclic) bond motifs is 1. The minimum atomic E-state index is -0.0422. The highest BCUT2D eigenvalue weighted by Gasteiger charge is 2.11. The van der Waals surface area contributed by atoms with Gasteiger partial charge in [0.2, 0.25) is 5.91 Å². The first-order valence-electron chi connectivity index (χ1n) is 7.67. The fourth-order valence-electron chi connectivity index (χ4n) is 2.02. The smallest absolute Gasteiger partial charge is 0.239 e. The fourth-order valence-corrected chi connectivity index (χ4v) is 2.02. The minimum absolute atomic E-state index is 0.0422. The van der Waals surface area contributed by atoms with E-state index in [0.717, 1.165) is 17.9 Å². The second kappa shape index (κ2) is 8.48. The third-order valence-corrected chi connectivity index (χ3v) is 3.09. The van der Waals surface area contributed by atoms with Gasteiger partial charge in [-0.1, -0.05) is 0 Å². The number of anilines is 1. The van der Waals surface area contributed by atoms with E-state index >= 15 is 0 Å². The van der Waals surface area contributed by atoms with Crippen molar-refractivity contribution in [2.24, 2.45) is 0 Å². The normalized spacial score (nSPS) is 13.0. The zero-order valence-electron chi connectivity index (χ0n) is 13.2. The van der Waals surface area contributed by atoms with Crippen LogP contribution < -0.4 is 20.1 Å². The summed E-state index contributed by atoms with van der Waals surface area (Å²) in [6.45, 7) is 6.62. The molecule has 0 atom stereocenters. The number of hydrogen-bond acceptors (Lipinski definition) is 5. The largest absolute Gasteiger partial charge is 0.486 e. The summed E-state index contributed by atoms with van der Waals surface area (Å²) in [5.41, 5.74) is 0.836. The highest BCUT2D eigenvalue weighted by Crippen LogP contribution is 2.32. The van der Waals surface area contributed by atoms with Crippen molar-refractivity contribution >= 4 is 11.6 Å². The van der Waals surface area contributed by atoms with Crippen molar-refractivity contribution in [3.63, 3.8) is 0 Å². The molecule has 0 unspecified atom stereocenters. The van der Waals surface area contributed by atoms with Crippen LogP contribution in [0.25, 0.3) is 0 Å². The number of hydrogen-bond donors (Lipinski definition) is 2. The first-order valence-corrected chi connectivity index (χ1v) is 7.67. The summed E-state index contributed by atoms with van der Waals surface area (Å²) in [5, 5.41) is 5.93. The minimum Gasteiger partial charge on any atom is -0.486 e. The van der Waals surface area contributed by atoms with Gasteiger partial charge in [0.15, 0.2) is 11.5 Å². The average molecular weight is 308 g/mol. The topological polar surface area (TPSA) is 68.8 Å². The Balaban J connectivity index is 1.66. The predicted octanol–water partition coefficient (Wildman–Crippen LogP) is 1.80. The van der Waals surface area contributed by atoms with Gasteiger partial charge in [0, 0.05) is 24.9 Å². The number of amides is 1. The number of rotatable bonds is 8. The average Bonchev–Trinajstić information content (AvgIpc) is 2.52. The van der Waals surface area contributed by atoms with Gasteiger partial charge in [0.25, 0.3) is 0 Å². The van der Waals surface area contributed by atoms with Crippen LogP contribution in [0.4, 0.5) is 5.69 Å². The van der Waals surface area contributed by atoms with E-state index in [2.05, 4.69) is 10.6 Å². The molecule has 1 aliphatic heterocycles. The van der Waals surface area contributed by atoms with Gasteiger partial charge < -0.3 is 24.8 Å². The molecule has 0 bridgehead atoms. The molecule has 2 N–H and O–H groups in total. The lowest BCUT2D eigenvalue weighted by Crippen LogP contribution is -2.31. The SMILES string of the molecule is CC(C)OCCCNC(=O)CNc1ccc2c(c1)OCCO2. The lowest BCUT2D eigenvalue weighted by Gasteiger charge is -2.19. The van der Waals surface area contributed by atoms with Crippen LogP contribution in [0.2, 0.25) is 0 Å². The van der Waals surface area contributed by atoms with Gasteiger partial charge in [-0.2, -0.15) is 0 Å². The summed E-state index contributed by atoms with van der Waals surface area (Å²) in [4.78, 5) is 11.7.